The topological polar surface area (TPSA) is 46.5 Å². The molecule has 3 heteroatoms. The fourth-order valence-corrected chi connectivity index (χ4v) is 2.62. The molecule has 0 spiro atoms. The van der Waals surface area contributed by atoms with Crippen molar-refractivity contribution in [1.82, 2.24) is 0 Å². The van der Waals surface area contributed by atoms with Gasteiger partial charge in [-0.15, -0.1) is 0 Å². The minimum atomic E-state index is -0.0756. The molecule has 22 heavy (non-hydrogen) atoms. The van der Waals surface area contributed by atoms with Gasteiger partial charge in [0, 0.05) is 13.0 Å². The predicted octanol–water partition coefficient (Wildman–Crippen LogP) is 5.39. The molecule has 0 aliphatic rings. The summed E-state index contributed by atoms with van der Waals surface area (Å²) in [6.45, 7) is 2.79. The number of rotatable bonds is 17. The molecule has 0 heterocycles. The lowest BCUT2D eigenvalue weighted by Crippen LogP contribution is -2.03. The number of aliphatic hydroxyl groups excluding tert-OH is 1. The maximum atomic E-state index is 10.9. The Hall–Kier alpha value is -0.570. The summed E-state index contributed by atoms with van der Waals surface area (Å²) in [6, 6.07) is 0. The second-order valence-electron chi connectivity index (χ2n) is 6.25. The first-order chi connectivity index (χ1) is 10.8. The molecule has 0 atom stereocenters. The number of aliphatic hydroxyl groups is 1. The molecular weight excluding hydrogens is 276 g/mol. The molecule has 0 aromatic carbocycles. The maximum Gasteiger partial charge on any atom is 0.305 e. The van der Waals surface area contributed by atoms with Crippen molar-refractivity contribution in [3.8, 4) is 0 Å². The van der Waals surface area contributed by atoms with Crippen LogP contribution < -0.4 is 0 Å². The van der Waals surface area contributed by atoms with Gasteiger partial charge >= 0.3 is 5.97 Å². The summed E-state index contributed by atoms with van der Waals surface area (Å²) in [4.78, 5) is 10.9. The number of hydrogen-bond acceptors (Lipinski definition) is 3. The highest BCUT2D eigenvalue weighted by molar-refractivity contribution is 5.68. The molecule has 0 bridgehead atoms. The lowest BCUT2D eigenvalue weighted by atomic mass is 10.0. The summed E-state index contributed by atoms with van der Waals surface area (Å²) < 4.78 is 5.05. The molecule has 0 fully saturated rings. The fourth-order valence-electron chi connectivity index (χ4n) is 2.62. The first-order valence-corrected chi connectivity index (χ1v) is 9.57. The summed E-state index contributed by atoms with van der Waals surface area (Å²) in [6.07, 6.45) is 18.3. The third-order valence-corrected chi connectivity index (χ3v) is 4.10. The average molecular weight is 315 g/mol. The van der Waals surface area contributed by atoms with Crippen molar-refractivity contribution < 1.29 is 14.6 Å². The van der Waals surface area contributed by atoms with Crippen LogP contribution >= 0.6 is 0 Å². The second-order valence-corrected chi connectivity index (χ2v) is 6.25. The zero-order chi connectivity index (χ0) is 16.3. The van der Waals surface area contributed by atoms with Gasteiger partial charge in [0.25, 0.3) is 0 Å². The molecule has 0 amide bonds. The number of carbonyl (C=O) groups excluding carboxylic acids is 1. The number of unbranched alkanes of at least 4 members (excludes halogenated alkanes) is 13. The van der Waals surface area contributed by atoms with Crippen LogP contribution in [0.25, 0.3) is 0 Å². The van der Waals surface area contributed by atoms with Crippen molar-refractivity contribution in [2.45, 2.75) is 103 Å². The quantitative estimate of drug-likeness (QED) is 0.289. The van der Waals surface area contributed by atoms with E-state index in [2.05, 4.69) is 0 Å². The van der Waals surface area contributed by atoms with Gasteiger partial charge < -0.3 is 9.84 Å². The van der Waals surface area contributed by atoms with Crippen LogP contribution in [0, 0.1) is 0 Å². The Morgan fingerprint density at radius 1 is 0.682 bits per heavy atom. The van der Waals surface area contributed by atoms with Crippen molar-refractivity contribution >= 4 is 5.97 Å². The standard InChI is InChI=1S/C19H38O3/c1-2-19(21)22-18-16-14-12-10-8-6-4-3-5-7-9-11-13-15-17-20/h20H,2-18H2,1H3. The van der Waals surface area contributed by atoms with Gasteiger partial charge in [0.2, 0.25) is 0 Å². The first-order valence-electron chi connectivity index (χ1n) is 9.57. The van der Waals surface area contributed by atoms with E-state index in [0.29, 0.717) is 19.6 Å². The van der Waals surface area contributed by atoms with E-state index < -0.39 is 0 Å². The maximum absolute atomic E-state index is 10.9. The van der Waals surface area contributed by atoms with Gasteiger partial charge in [0.05, 0.1) is 6.61 Å². The lowest BCUT2D eigenvalue weighted by molar-refractivity contribution is -0.143. The molecule has 3 nitrogen and oxygen atoms in total. The Morgan fingerprint density at radius 3 is 1.41 bits per heavy atom. The predicted molar refractivity (Wildman–Crippen MR) is 93.0 cm³/mol. The summed E-state index contributed by atoms with van der Waals surface area (Å²) in [5.41, 5.74) is 0. The number of ether oxygens (including phenoxy) is 1. The van der Waals surface area contributed by atoms with Crippen LogP contribution in [0.2, 0.25) is 0 Å². The second kappa shape index (κ2) is 18.5. The van der Waals surface area contributed by atoms with E-state index in [1.165, 1.54) is 77.0 Å². The Kier molecular flexibility index (Phi) is 18.0. The zero-order valence-corrected chi connectivity index (χ0v) is 14.8. The van der Waals surface area contributed by atoms with Gasteiger partial charge in [-0.25, -0.2) is 0 Å². The molecule has 0 saturated carbocycles. The van der Waals surface area contributed by atoms with Gasteiger partial charge in [-0.3, -0.25) is 4.79 Å². The summed E-state index contributed by atoms with van der Waals surface area (Å²) in [5.74, 6) is -0.0756. The molecule has 0 unspecified atom stereocenters. The van der Waals surface area contributed by atoms with Gasteiger partial charge in [0.15, 0.2) is 0 Å². The highest BCUT2D eigenvalue weighted by Gasteiger charge is 1.97. The van der Waals surface area contributed by atoms with Crippen molar-refractivity contribution in [3.05, 3.63) is 0 Å². The Morgan fingerprint density at radius 2 is 1.05 bits per heavy atom. The average Bonchev–Trinajstić information content (AvgIpc) is 2.54. The van der Waals surface area contributed by atoms with Crippen LogP contribution in [0.1, 0.15) is 103 Å². The van der Waals surface area contributed by atoms with E-state index in [9.17, 15) is 4.79 Å². The number of esters is 1. The van der Waals surface area contributed by atoms with Crippen molar-refractivity contribution in [2.24, 2.45) is 0 Å². The highest BCUT2D eigenvalue weighted by atomic mass is 16.5. The fraction of sp³-hybridized carbons (Fsp3) is 0.947. The molecule has 0 rings (SSSR count). The highest BCUT2D eigenvalue weighted by Crippen LogP contribution is 2.12. The van der Waals surface area contributed by atoms with Crippen LogP contribution in [0.3, 0.4) is 0 Å². The smallest absolute Gasteiger partial charge is 0.305 e. The largest absolute Gasteiger partial charge is 0.466 e. The van der Waals surface area contributed by atoms with E-state index in [1.54, 1.807) is 0 Å². The molecule has 0 aromatic rings. The monoisotopic (exact) mass is 314 g/mol. The van der Waals surface area contributed by atoms with Crippen LogP contribution in [-0.2, 0) is 9.53 Å². The molecule has 1 N–H and O–H groups in total. The molecule has 0 radical (unpaired) electrons. The van der Waals surface area contributed by atoms with Gasteiger partial charge in [-0.1, -0.05) is 84.0 Å². The normalized spacial score (nSPS) is 10.8. The minimum absolute atomic E-state index is 0.0756. The molecular formula is C19H38O3. The SMILES string of the molecule is CCC(=O)OCCCCCCCCCCCCCCCCO. The van der Waals surface area contributed by atoms with Crippen LogP contribution in [0.4, 0.5) is 0 Å². The Bertz CT molecular complexity index is 229. The molecule has 132 valence electrons. The minimum Gasteiger partial charge on any atom is -0.466 e. The van der Waals surface area contributed by atoms with Crippen molar-refractivity contribution in [3.63, 3.8) is 0 Å². The molecule has 0 aromatic heterocycles. The zero-order valence-electron chi connectivity index (χ0n) is 14.8. The Balaban J connectivity index is 2.98. The van der Waals surface area contributed by atoms with Gasteiger partial charge in [-0.05, 0) is 12.8 Å². The third-order valence-electron chi connectivity index (χ3n) is 4.10. The van der Waals surface area contributed by atoms with Crippen LogP contribution in [0.15, 0.2) is 0 Å². The van der Waals surface area contributed by atoms with Gasteiger partial charge in [0.1, 0.15) is 0 Å². The number of carbonyl (C=O) groups is 1. The van der Waals surface area contributed by atoms with E-state index in [-0.39, 0.29) is 5.97 Å². The van der Waals surface area contributed by atoms with E-state index in [4.69, 9.17) is 9.84 Å². The molecule has 0 aliphatic heterocycles. The van der Waals surface area contributed by atoms with Gasteiger partial charge in [-0.2, -0.15) is 0 Å². The van der Waals surface area contributed by atoms with Crippen LogP contribution in [-0.4, -0.2) is 24.3 Å². The van der Waals surface area contributed by atoms with E-state index in [0.717, 1.165) is 12.8 Å². The molecule has 0 aliphatic carbocycles. The van der Waals surface area contributed by atoms with Crippen LogP contribution in [0.5, 0.6) is 0 Å². The first kappa shape index (κ1) is 21.4. The summed E-state index contributed by atoms with van der Waals surface area (Å²) in [5, 5.41) is 8.68. The number of hydrogen-bond donors (Lipinski definition) is 1. The summed E-state index contributed by atoms with van der Waals surface area (Å²) in [7, 11) is 0. The van der Waals surface area contributed by atoms with E-state index >= 15 is 0 Å². The lowest BCUT2D eigenvalue weighted by Gasteiger charge is -2.04. The third kappa shape index (κ3) is 17.5. The van der Waals surface area contributed by atoms with Crippen molar-refractivity contribution in [2.75, 3.05) is 13.2 Å². The van der Waals surface area contributed by atoms with E-state index in [1.807, 2.05) is 6.92 Å². The summed E-state index contributed by atoms with van der Waals surface area (Å²) >= 11 is 0. The molecule has 0 saturated heterocycles. The van der Waals surface area contributed by atoms with Crippen molar-refractivity contribution in [1.29, 1.82) is 0 Å². The Labute approximate surface area is 137 Å².